The van der Waals surface area contributed by atoms with Crippen LogP contribution in [0.5, 0.6) is 0 Å². The van der Waals surface area contributed by atoms with E-state index in [1.54, 1.807) is 18.2 Å². The molecule has 2 amide bonds. The average molecular weight is 263 g/mol. The van der Waals surface area contributed by atoms with Crippen LogP contribution in [0, 0.1) is 6.92 Å². The Morgan fingerprint density at radius 1 is 1.32 bits per heavy atom. The molecule has 0 aliphatic heterocycles. The van der Waals surface area contributed by atoms with Gasteiger partial charge in [-0.25, -0.2) is 0 Å². The maximum atomic E-state index is 11.8. The van der Waals surface area contributed by atoms with Gasteiger partial charge in [-0.2, -0.15) is 0 Å². The molecule has 0 heterocycles. The summed E-state index contributed by atoms with van der Waals surface area (Å²) in [6, 6.07) is 5.27. The Bertz CT molecular complexity index is 470. The monoisotopic (exact) mass is 263 g/mol. The van der Waals surface area contributed by atoms with Gasteiger partial charge in [0.15, 0.2) is 0 Å². The van der Waals surface area contributed by atoms with Crippen molar-refractivity contribution >= 4 is 17.5 Å². The van der Waals surface area contributed by atoms with Crippen LogP contribution >= 0.6 is 0 Å². The number of rotatable bonds is 5. The van der Waals surface area contributed by atoms with Crippen LogP contribution in [-0.4, -0.2) is 24.4 Å². The van der Waals surface area contributed by atoms with Gasteiger partial charge in [-0.05, 0) is 38.5 Å². The zero-order valence-electron chi connectivity index (χ0n) is 11.6. The van der Waals surface area contributed by atoms with Crippen molar-refractivity contribution in [3.05, 3.63) is 29.3 Å². The Hall–Kier alpha value is -2.04. The average Bonchev–Trinajstić information content (AvgIpc) is 2.31. The molecule has 1 rings (SSSR count). The summed E-state index contributed by atoms with van der Waals surface area (Å²) >= 11 is 0. The first-order chi connectivity index (χ1) is 8.90. The Kier molecular flexibility index (Phi) is 5.36. The van der Waals surface area contributed by atoms with Gasteiger partial charge in [0, 0.05) is 30.3 Å². The van der Waals surface area contributed by atoms with Crippen molar-refractivity contribution in [2.75, 3.05) is 12.3 Å². The second kappa shape index (κ2) is 6.78. The van der Waals surface area contributed by atoms with E-state index in [0.29, 0.717) is 17.8 Å². The number of hydrogen-bond acceptors (Lipinski definition) is 3. The maximum Gasteiger partial charge on any atom is 0.251 e. The predicted molar refractivity (Wildman–Crippen MR) is 75.8 cm³/mol. The predicted octanol–water partition coefficient (Wildman–Crippen LogP) is 1.22. The van der Waals surface area contributed by atoms with Crippen molar-refractivity contribution in [3.63, 3.8) is 0 Å². The van der Waals surface area contributed by atoms with Crippen molar-refractivity contribution in [2.24, 2.45) is 0 Å². The molecule has 0 saturated carbocycles. The van der Waals surface area contributed by atoms with Gasteiger partial charge in [-0.1, -0.05) is 6.07 Å². The summed E-state index contributed by atoms with van der Waals surface area (Å²) in [6.45, 7) is 5.98. The summed E-state index contributed by atoms with van der Waals surface area (Å²) in [7, 11) is 0. The van der Waals surface area contributed by atoms with E-state index in [-0.39, 0.29) is 24.3 Å². The number of carbonyl (C=O) groups excluding carboxylic acids is 2. The van der Waals surface area contributed by atoms with Gasteiger partial charge in [-0.15, -0.1) is 0 Å². The molecule has 0 spiro atoms. The first-order valence-electron chi connectivity index (χ1n) is 6.34. The number of amides is 2. The molecular formula is C14H21N3O2. The minimum atomic E-state index is -0.218. The zero-order valence-corrected chi connectivity index (χ0v) is 11.6. The smallest absolute Gasteiger partial charge is 0.251 e. The second-order valence-electron chi connectivity index (χ2n) is 4.80. The van der Waals surface area contributed by atoms with E-state index in [2.05, 4.69) is 10.6 Å². The standard InChI is InChI=1S/C14H21N3O2/c1-9(2)17-13(18)6-7-16-14(19)11-5-4-10(3)12(15)8-11/h4-5,8-9H,6-7,15H2,1-3H3,(H,16,19)(H,17,18). The molecule has 0 bridgehead atoms. The fourth-order valence-corrected chi connectivity index (χ4v) is 1.57. The number of nitrogens with one attached hydrogen (secondary N) is 2. The van der Waals surface area contributed by atoms with E-state index < -0.39 is 0 Å². The quantitative estimate of drug-likeness (QED) is 0.698. The zero-order chi connectivity index (χ0) is 14.4. The minimum absolute atomic E-state index is 0.0706. The molecule has 104 valence electrons. The Morgan fingerprint density at radius 2 is 2.00 bits per heavy atom. The lowest BCUT2D eigenvalue weighted by molar-refractivity contribution is -0.121. The van der Waals surface area contributed by atoms with Crippen molar-refractivity contribution in [2.45, 2.75) is 33.2 Å². The van der Waals surface area contributed by atoms with Crippen LogP contribution in [0.15, 0.2) is 18.2 Å². The summed E-state index contributed by atoms with van der Waals surface area (Å²) in [6.07, 6.45) is 0.269. The van der Waals surface area contributed by atoms with E-state index in [1.807, 2.05) is 20.8 Å². The summed E-state index contributed by atoms with van der Waals surface area (Å²) in [5, 5.41) is 5.46. The molecule has 5 heteroatoms. The van der Waals surface area contributed by atoms with E-state index in [0.717, 1.165) is 5.56 Å². The van der Waals surface area contributed by atoms with Crippen LogP contribution in [0.1, 0.15) is 36.2 Å². The van der Waals surface area contributed by atoms with Gasteiger partial charge < -0.3 is 16.4 Å². The van der Waals surface area contributed by atoms with Crippen molar-refractivity contribution < 1.29 is 9.59 Å². The lowest BCUT2D eigenvalue weighted by Gasteiger charge is -2.09. The van der Waals surface area contributed by atoms with E-state index in [9.17, 15) is 9.59 Å². The third-order valence-electron chi connectivity index (χ3n) is 2.63. The van der Waals surface area contributed by atoms with Gasteiger partial charge in [0.25, 0.3) is 5.91 Å². The second-order valence-corrected chi connectivity index (χ2v) is 4.80. The van der Waals surface area contributed by atoms with E-state index in [4.69, 9.17) is 5.73 Å². The Morgan fingerprint density at radius 3 is 2.58 bits per heavy atom. The van der Waals surface area contributed by atoms with Crippen molar-refractivity contribution in [3.8, 4) is 0 Å². The third kappa shape index (κ3) is 4.99. The van der Waals surface area contributed by atoms with Crippen LogP contribution in [0.3, 0.4) is 0 Å². The first kappa shape index (κ1) is 15.0. The molecule has 0 saturated heterocycles. The summed E-state index contributed by atoms with van der Waals surface area (Å²) in [5.74, 6) is -0.289. The highest BCUT2D eigenvalue weighted by Gasteiger charge is 2.08. The third-order valence-corrected chi connectivity index (χ3v) is 2.63. The molecule has 0 aliphatic rings. The van der Waals surface area contributed by atoms with E-state index >= 15 is 0 Å². The summed E-state index contributed by atoms with van der Waals surface area (Å²) < 4.78 is 0. The Labute approximate surface area is 113 Å². The SMILES string of the molecule is Cc1ccc(C(=O)NCCC(=O)NC(C)C)cc1N. The fraction of sp³-hybridized carbons (Fsp3) is 0.429. The molecule has 0 aliphatic carbocycles. The highest BCUT2D eigenvalue weighted by atomic mass is 16.2. The molecule has 0 aromatic heterocycles. The molecule has 0 atom stereocenters. The summed E-state index contributed by atoms with van der Waals surface area (Å²) in [5.41, 5.74) is 7.78. The number of carbonyl (C=O) groups is 2. The maximum absolute atomic E-state index is 11.8. The lowest BCUT2D eigenvalue weighted by Crippen LogP contribution is -2.34. The first-order valence-corrected chi connectivity index (χ1v) is 6.34. The molecule has 1 aromatic rings. The summed E-state index contributed by atoms with van der Waals surface area (Å²) in [4.78, 5) is 23.2. The van der Waals surface area contributed by atoms with Gasteiger partial charge in [0.1, 0.15) is 0 Å². The Balaban J connectivity index is 2.43. The van der Waals surface area contributed by atoms with Crippen LogP contribution in [-0.2, 0) is 4.79 Å². The largest absolute Gasteiger partial charge is 0.398 e. The minimum Gasteiger partial charge on any atom is -0.398 e. The van der Waals surface area contributed by atoms with E-state index in [1.165, 1.54) is 0 Å². The van der Waals surface area contributed by atoms with Gasteiger partial charge in [-0.3, -0.25) is 9.59 Å². The molecule has 0 radical (unpaired) electrons. The van der Waals surface area contributed by atoms with Crippen LogP contribution in [0.4, 0.5) is 5.69 Å². The number of aryl methyl sites for hydroxylation is 1. The molecule has 0 unspecified atom stereocenters. The normalized spacial score (nSPS) is 10.3. The highest BCUT2D eigenvalue weighted by molar-refractivity contribution is 5.95. The van der Waals surface area contributed by atoms with Crippen LogP contribution in [0.25, 0.3) is 0 Å². The van der Waals surface area contributed by atoms with Crippen molar-refractivity contribution in [1.82, 2.24) is 10.6 Å². The number of benzene rings is 1. The molecular weight excluding hydrogens is 242 g/mol. The fourth-order valence-electron chi connectivity index (χ4n) is 1.57. The molecule has 1 aromatic carbocycles. The number of anilines is 1. The number of hydrogen-bond donors (Lipinski definition) is 3. The van der Waals surface area contributed by atoms with Crippen molar-refractivity contribution in [1.29, 1.82) is 0 Å². The molecule has 0 fully saturated rings. The van der Waals surface area contributed by atoms with Gasteiger partial charge in [0.2, 0.25) is 5.91 Å². The molecule has 4 N–H and O–H groups in total. The topological polar surface area (TPSA) is 84.2 Å². The molecule has 19 heavy (non-hydrogen) atoms. The molecule has 5 nitrogen and oxygen atoms in total. The number of nitrogen functional groups attached to an aromatic ring is 1. The van der Waals surface area contributed by atoms with Gasteiger partial charge >= 0.3 is 0 Å². The highest BCUT2D eigenvalue weighted by Crippen LogP contribution is 2.12. The lowest BCUT2D eigenvalue weighted by atomic mass is 10.1. The van der Waals surface area contributed by atoms with Gasteiger partial charge in [0.05, 0.1) is 0 Å². The number of nitrogens with two attached hydrogens (primary N) is 1. The van der Waals surface area contributed by atoms with Crippen LogP contribution < -0.4 is 16.4 Å². The van der Waals surface area contributed by atoms with Crippen LogP contribution in [0.2, 0.25) is 0 Å².